The number of carboxylic acids is 2. The van der Waals surface area contributed by atoms with Gasteiger partial charge in [-0.05, 0) is 41.5 Å². The van der Waals surface area contributed by atoms with Crippen molar-refractivity contribution in [1.82, 2.24) is 10.2 Å². The summed E-state index contributed by atoms with van der Waals surface area (Å²) in [5.74, 6) is -2.27. The molecular formula is C38H30N2O9S. The number of hydrogen-bond donors (Lipinski definition) is 3. The minimum atomic E-state index is -1.13. The van der Waals surface area contributed by atoms with Crippen molar-refractivity contribution in [2.45, 2.75) is 23.9 Å². The number of rotatable bonds is 10. The topological polar surface area (TPSA) is 163 Å². The molecule has 2 unspecified atom stereocenters. The van der Waals surface area contributed by atoms with E-state index >= 15 is 0 Å². The van der Waals surface area contributed by atoms with Gasteiger partial charge in [0, 0.05) is 40.3 Å². The number of nitrogens with one attached hydrogen (secondary N) is 1. The van der Waals surface area contributed by atoms with Crippen LogP contribution in [0.1, 0.15) is 15.9 Å². The van der Waals surface area contributed by atoms with Gasteiger partial charge in [0.25, 0.3) is 0 Å². The highest BCUT2D eigenvalue weighted by Gasteiger charge is 2.57. The molecule has 2 fully saturated rings. The first-order valence-corrected chi connectivity index (χ1v) is 16.9. The summed E-state index contributed by atoms with van der Waals surface area (Å²) >= 11 is 1.43. The van der Waals surface area contributed by atoms with Gasteiger partial charge in [0.2, 0.25) is 11.8 Å². The lowest BCUT2D eigenvalue weighted by Gasteiger charge is -2.53. The zero-order valence-electron chi connectivity index (χ0n) is 26.4. The lowest BCUT2D eigenvalue weighted by Crippen LogP contribution is -2.75. The Bertz CT molecular complexity index is 2200. The number of carboxylic acid groups (broad SMARTS) is 2. The van der Waals surface area contributed by atoms with E-state index in [4.69, 9.17) is 9.15 Å². The van der Waals surface area contributed by atoms with Crippen LogP contribution in [0, 0.1) is 5.92 Å². The fraction of sp³-hybridized carbons (Fsp3) is 0.184. The quantitative estimate of drug-likeness (QED) is 0.104. The van der Waals surface area contributed by atoms with Crippen molar-refractivity contribution in [2.24, 2.45) is 5.92 Å². The second-order valence-electron chi connectivity index (χ2n) is 12.0. The summed E-state index contributed by atoms with van der Waals surface area (Å²) in [5, 5.41) is 22.9. The summed E-state index contributed by atoms with van der Waals surface area (Å²) in [4.78, 5) is 63.6. The SMILES string of the molecule is O=C(Cc1ccccc1)N[C@@H]1C(=O)N2C(C(=O)O)C(/C=C\COc3ccc4c(-c5ccccc5C(=O)O)c5ccc(=O)cc-5oc4c3)CS[C@H]12. The van der Waals surface area contributed by atoms with Gasteiger partial charge in [-0.3, -0.25) is 14.4 Å². The molecule has 252 valence electrons. The number of aromatic carboxylic acids is 1. The molecule has 2 amide bonds. The van der Waals surface area contributed by atoms with Gasteiger partial charge >= 0.3 is 11.9 Å². The van der Waals surface area contributed by atoms with Crippen LogP contribution in [0.2, 0.25) is 0 Å². The molecule has 0 saturated carbocycles. The lowest BCUT2D eigenvalue weighted by atomic mass is 9.91. The Morgan fingerprint density at radius 1 is 0.940 bits per heavy atom. The van der Waals surface area contributed by atoms with Crippen LogP contribution in [0.3, 0.4) is 0 Å². The average molecular weight is 691 g/mol. The largest absolute Gasteiger partial charge is 0.489 e. The van der Waals surface area contributed by atoms with E-state index < -0.39 is 41.2 Å². The minimum Gasteiger partial charge on any atom is -0.489 e. The summed E-state index contributed by atoms with van der Waals surface area (Å²) in [6, 6.07) is 23.4. The molecule has 12 heteroatoms. The Hall–Kier alpha value is -5.88. The predicted molar refractivity (Wildman–Crippen MR) is 186 cm³/mol. The minimum absolute atomic E-state index is 0.0849. The molecular weight excluding hydrogens is 660 g/mol. The van der Waals surface area contributed by atoms with Crippen molar-refractivity contribution in [3.63, 3.8) is 0 Å². The van der Waals surface area contributed by atoms with Crippen molar-refractivity contribution in [3.05, 3.63) is 124 Å². The lowest BCUT2D eigenvalue weighted by molar-refractivity contribution is -0.164. The first-order valence-electron chi connectivity index (χ1n) is 15.8. The highest BCUT2D eigenvalue weighted by molar-refractivity contribution is 8.00. The van der Waals surface area contributed by atoms with Gasteiger partial charge in [-0.1, -0.05) is 60.7 Å². The van der Waals surface area contributed by atoms with Crippen LogP contribution in [0.15, 0.2) is 112 Å². The summed E-state index contributed by atoms with van der Waals surface area (Å²) in [7, 11) is 0. The molecule has 4 atom stereocenters. The van der Waals surface area contributed by atoms with Gasteiger partial charge < -0.3 is 29.6 Å². The Morgan fingerprint density at radius 3 is 2.50 bits per heavy atom. The molecule has 0 bridgehead atoms. The highest BCUT2D eigenvalue weighted by Crippen LogP contribution is 2.43. The normalized spacial score (nSPS) is 20.0. The average Bonchev–Trinajstić information content (AvgIpc) is 3.11. The molecule has 3 heterocycles. The summed E-state index contributed by atoms with van der Waals surface area (Å²) in [6.07, 6.45) is 3.55. The monoisotopic (exact) mass is 690 g/mol. The molecule has 50 heavy (non-hydrogen) atoms. The molecule has 1 aliphatic carbocycles. The van der Waals surface area contributed by atoms with Gasteiger partial charge in [-0.2, -0.15) is 0 Å². The van der Waals surface area contributed by atoms with Crippen LogP contribution in [-0.4, -0.2) is 68.7 Å². The number of amides is 2. The molecule has 7 rings (SSSR count). The van der Waals surface area contributed by atoms with E-state index in [2.05, 4.69) is 5.32 Å². The van der Waals surface area contributed by atoms with Crippen LogP contribution in [0.5, 0.6) is 5.75 Å². The van der Waals surface area contributed by atoms with Gasteiger partial charge in [0.15, 0.2) is 5.43 Å². The highest BCUT2D eigenvalue weighted by atomic mass is 32.2. The zero-order valence-corrected chi connectivity index (χ0v) is 27.2. The van der Waals surface area contributed by atoms with Crippen LogP contribution in [-0.2, 0) is 20.8 Å². The molecule has 3 N–H and O–H groups in total. The van der Waals surface area contributed by atoms with Crippen molar-refractivity contribution >= 4 is 46.5 Å². The standard InChI is InChI=1S/C38H30N2O9S/c41-23-12-14-27-29(18-23)49-30-19-24(13-15-28(30)32(27)25-10-4-5-11-26(25)37(44)45)48-16-6-9-22-20-50-36-33(35(43)40(36)34(22)38(46)47)39-31(42)17-21-7-2-1-3-8-21/h1-15,18-19,22,33-34,36H,16-17,20H2,(H,39,42)(H,44,45)(H,46,47)/b9-6-/t22?,33-,34?,36-/m1/s1. The molecule has 3 aromatic rings. The summed E-state index contributed by atoms with van der Waals surface area (Å²) < 4.78 is 12.0. The van der Waals surface area contributed by atoms with Gasteiger partial charge in [0.1, 0.15) is 41.2 Å². The fourth-order valence-corrected chi connectivity index (χ4v) is 8.05. The van der Waals surface area contributed by atoms with E-state index in [1.54, 1.807) is 54.6 Å². The van der Waals surface area contributed by atoms with E-state index in [1.807, 2.05) is 30.3 Å². The zero-order chi connectivity index (χ0) is 34.9. The molecule has 0 spiro atoms. The maximum atomic E-state index is 13.1. The van der Waals surface area contributed by atoms with Crippen molar-refractivity contribution in [2.75, 3.05) is 12.4 Å². The van der Waals surface area contributed by atoms with Gasteiger partial charge in [-0.15, -0.1) is 11.8 Å². The predicted octanol–water partition coefficient (Wildman–Crippen LogP) is 4.91. The molecule has 0 radical (unpaired) electrons. The van der Waals surface area contributed by atoms with E-state index in [0.717, 1.165) is 5.56 Å². The Kier molecular flexibility index (Phi) is 8.85. The Morgan fingerprint density at radius 2 is 1.72 bits per heavy atom. The van der Waals surface area contributed by atoms with E-state index in [-0.39, 0.29) is 29.9 Å². The molecule has 3 aromatic carbocycles. The van der Waals surface area contributed by atoms with E-state index in [9.17, 15) is 34.2 Å². The first kappa shape index (κ1) is 32.7. The van der Waals surface area contributed by atoms with Crippen molar-refractivity contribution in [3.8, 4) is 28.2 Å². The molecule has 2 saturated heterocycles. The molecule has 3 aliphatic heterocycles. The second-order valence-corrected chi connectivity index (χ2v) is 13.2. The molecule has 11 nitrogen and oxygen atoms in total. The Labute approximate surface area is 289 Å². The van der Waals surface area contributed by atoms with Crippen molar-refractivity contribution < 1.29 is 38.5 Å². The van der Waals surface area contributed by atoms with E-state index in [0.29, 0.717) is 44.9 Å². The number of β-lactam (4-membered cyclic amide) rings is 1. The summed E-state index contributed by atoms with van der Waals surface area (Å²) in [5.41, 5.74) is 2.71. The maximum absolute atomic E-state index is 13.1. The maximum Gasteiger partial charge on any atom is 0.336 e. The van der Waals surface area contributed by atoms with Crippen molar-refractivity contribution in [1.29, 1.82) is 0 Å². The van der Waals surface area contributed by atoms with E-state index in [1.165, 1.54) is 34.9 Å². The third kappa shape index (κ3) is 6.21. The number of nitrogens with zero attached hydrogens (tertiary/aromatic N) is 1. The molecule has 0 aromatic heterocycles. The number of thioether (sulfide) groups is 1. The fourth-order valence-electron chi connectivity index (χ4n) is 6.56. The number of fused-ring (bicyclic) bond motifs is 3. The van der Waals surface area contributed by atoms with Crippen LogP contribution in [0.4, 0.5) is 0 Å². The van der Waals surface area contributed by atoms with Crippen LogP contribution in [0.25, 0.3) is 33.4 Å². The number of hydrogen-bond acceptors (Lipinski definition) is 8. The molecule has 4 aliphatic rings. The second kappa shape index (κ2) is 13.6. The number of benzene rings is 4. The van der Waals surface area contributed by atoms with Gasteiger partial charge in [0.05, 0.1) is 12.0 Å². The number of ether oxygens (including phenoxy) is 1. The number of aliphatic carboxylic acids is 1. The smallest absolute Gasteiger partial charge is 0.336 e. The van der Waals surface area contributed by atoms with Crippen LogP contribution >= 0.6 is 11.8 Å². The third-order valence-corrected chi connectivity index (χ3v) is 10.3. The summed E-state index contributed by atoms with van der Waals surface area (Å²) in [6.45, 7) is 0.0849. The number of carbonyl (C=O) groups is 4. The van der Waals surface area contributed by atoms with Gasteiger partial charge in [-0.25, -0.2) is 9.59 Å². The third-order valence-electron chi connectivity index (χ3n) is 8.84. The Balaban J connectivity index is 1.06. The first-order chi connectivity index (χ1) is 24.2. The number of carbonyl (C=O) groups excluding carboxylic acids is 2. The van der Waals surface area contributed by atoms with Crippen LogP contribution < -0.4 is 15.5 Å².